The Balaban J connectivity index is 1.75. The topological polar surface area (TPSA) is 69.7 Å². The molecule has 4 aliphatic rings. The van der Waals surface area contributed by atoms with E-state index in [2.05, 4.69) is 27.7 Å². The summed E-state index contributed by atoms with van der Waals surface area (Å²) in [5, 5.41) is 0. The van der Waals surface area contributed by atoms with Gasteiger partial charge in [-0.3, -0.25) is 14.4 Å². The largest absolute Gasteiger partial charge is 0.462 e. The summed E-state index contributed by atoms with van der Waals surface area (Å²) in [5.41, 5.74) is 2.25. The Morgan fingerprint density at radius 2 is 1.88 bits per heavy atom. The second-order valence-electron chi connectivity index (χ2n) is 11.0. The smallest absolute Gasteiger partial charge is 0.302 e. The van der Waals surface area contributed by atoms with Crippen LogP contribution in [-0.4, -0.2) is 29.9 Å². The zero-order chi connectivity index (χ0) is 23.4. The molecule has 0 amide bonds. The summed E-state index contributed by atoms with van der Waals surface area (Å²) < 4.78 is 11.7. The van der Waals surface area contributed by atoms with E-state index < -0.39 is 0 Å². The first-order valence-electron chi connectivity index (χ1n) is 12.3. The number of carbonyl (C=O) groups excluding carboxylic acids is 3. The van der Waals surface area contributed by atoms with Gasteiger partial charge in [0.05, 0.1) is 0 Å². The fourth-order valence-corrected chi connectivity index (χ4v) is 8.15. The number of carbonyl (C=O) groups is 3. The number of allylic oxidation sites excluding steroid dienone is 4. The summed E-state index contributed by atoms with van der Waals surface area (Å²) in [6.07, 6.45) is 8.90. The molecule has 0 aromatic rings. The molecule has 0 heterocycles. The molecule has 8 atom stereocenters. The van der Waals surface area contributed by atoms with Crippen LogP contribution in [0.1, 0.15) is 80.1 Å². The Hall–Kier alpha value is -1.91. The van der Waals surface area contributed by atoms with Gasteiger partial charge in [-0.2, -0.15) is 0 Å². The van der Waals surface area contributed by atoms with Gasteiger partial charge in [0, 0.05) is 30.6 Å². The molecular weight excluding hydrogens is 404 g/mol. The van der Waals surface area contributed by atoms with Gasteiger partial charge >= 0.3 is 11.9 Å². The normalized spacial score (nSPS) is 41.4. The van der Waals surface area contributed by atoms with Gasteiger partial charge in [-0.25, -0.2) is 0 Å². The van der Waals surface area contributed by atoms with Crippen LogP contribution < -0.4 is 0 Å². The van der Waals surface area contributed by atoms with E-state index in [1.807, 2.05) is 12.2 Å². The molecule has 0 aliphatic heterocycles. The minimum Gasteiger partial charge on any atom is -0.462 e. The van der Waals surface area contributed by atoms with Crippen LogP contribution in [0.5, 0.6) is 0 Å². The van der Waals surface area contributed by atoms with Crippen LogP contribution in [0.4, 0.5) is 0 Å². The van der Waals surface area contributed by atoms with Gasteiger partial charge in [0.15, 0.2) is 5.78 Å². The van der Waals surface area contributed by atoms with Crippen LogP contribution in [0.3, 0.4) is 0 Å². The molecule has 5 heteroatoms. The SMILES string of the molecule is CC[C@H](OC(C)=O)[C@@H]1C[C@H](OC(C)=O)[C@@]2(C)CC[C@H]3[C@@H](CCC4=CC(=O)C=C(C)[C@@]43C)[C@H]12. The molecular formula is C27H38O5. The Labute approximate surface area is 192 Å². The molecule has 0 aromatic carbocycles. The summed E-state index contributed by atoms with van der Waals surface area (Å²) in [6.45, 7) is 11.8. The third-order valence-electron chi connectivity index (χ3n) is 9.57. The van der Waals surface area contributed by atoms with Crippen LogP contribution in [0, 0.1) is 34.5 Å². The summed E-state index contributed by atoms with van der Waals surface area (Å²) in [5.74, 6) is 1.02. The van der Waals surface area contributed by atoms with Crippen molar-refractivity contribution in [2.24, 2.45) is 34.5 Å². The molecule has 3 saturated carbocycles. The maximum atomic E-state index is 12.2. The van der Waals surface area contributed by atoms with Gasteiger partial charge in [-0.1, -0.05) is 31.9 Å². The molecule has 0 saturated heterocycles. The fraction of sp³-hybridized carbons (Fsp3) is 0.741. The maximum Gasteiger partial charge on any atom is 0.302 e. The zero-order valence-electron chi connectivity index (χ0n) is 20.4. The lowest BCUT2D eigenvalue weighted by Crippen LogP contribution is -2.53. The number of ketones is 1. The fourth-order valence-electron chi connectivity index (χ4n) is 8.15. The highest BCUT2D eigenvalue weighted by Crippen LogP contribution is 2.68. The van der Waals surface area contributed by atoms with E-state index in [4.69, 9.17) is 9.47 Å². The van der Waals surface area contributed by atoms with Crippen LogP contribution in [0.2, 0.25) is 0 Å². The quantitative estimate of drug-likeness (QED) is 0.561. The van der Waals surface area contributed by atoms with E-state index >= 15 is 0 Å². The van der Waals surface area contributed by atoms with Crippen molar-refractivity contribution in [2.45, 2.75) is 92.3 Å². The van der Waals surface area contributed by atoms with Crippen LogP contribution >= 0.6 is 0 Å². The van der Waals surface area contributed by atoms with Gasteiger partial charge in [0.2, 0.25) is 0 Å². The predicted octanol–water partition coefficient (Wildman–Crippen LogP) is 5.18. The van der Waals surface area contributed by atoms with E-state index in [1.54, 1.807) is 0 Å². The summed E-state index contributed by atoms with van der Waals surface area (Å²) >= 11 is 0. The van der Waals surface area contributed by atoms with E-state index in [0.29, 0.717) is 17.8 Å². The lowest BCUT2D eigenvalue weighted by atomic mass is 9.46. The minimum absolute atomic E-state index is 0.0919. The van der Waals surface area contributed by atoms with Gasteiger partial charge in [0.1, 0.15) is 12.2 Å². The molecule has 4 rings (SSSR count). The standard InChI is InChI=1S/C27H38O5/c1-7-23(31-16(3)28)21-14-24(32-17(4)29)26(5)11-10-22-20(25(21)26)9-8-18-13-19(30)12-15(2)27(18,22)6/h12-13,20-25H,7-11,14H2,1-6H3/t20-,21+,22+,23+,24+,25-,26-,27+/m1/s1. The van der Waals surface area contributed by atoms with Crippen molar-refractivity contribution in [3.05, 3.63) is 23.3 Å². The highest BCUT2D eigenvalue weighted by molar-refractivity contribution is 6.02. The summed E-state index contributed by atoms with van der Waals surface area (Å²) in [4.78, 5) is 36.1. The predicted molar refractivity (Wildman–Crippen MR) is 122 cm³/mol. The molecule has 5 nitrogen and oxygen atoms in total. The van der Waals surface area contributed by atoms with Gasteiger partial charge in [0.25, 0.3) is 0 Å². The number of hydrogen-bond acceptors (Lipinski definition) is 5. The lowest BCUT2D eigenvalue weighted by molar-refractivity contribution is -0.157. The third kappa shape index (κ3) is 3.47. The van der Waals surface area contributed by atoms with Crippen molar-refractivity contribution in [3.63, 3.8) is 0 Å². The van der Waals surface area contributed by atoms with Crippen LogP contribution in [0.25, 0.3) is 0 Å². The highest BCUT2D eigenvalue weighted by Gasteiger charge is 2.64. The average Bonchev–Trinajstić information content (AvgIpc) is 2.99. The molecule has 0 unspecified atom stereocenters. The van der Waals surface area contributed by atoms with E-state index in [0.717, 1.165) is 38.5 Å². The number of fused-ring (bicyclic) bond motifs is 5. The molecule has 0 bridgehead atoms. The Bertz CT molecular complexity index is 884. The number of rotatable bonds is 4. The molecule has 3 fully saturated rings. The first-order chi connectivity index (χ1) is 15.0. The van der Waals surface area contributed by atoms with E-state index in [9.17, 15) is 14.4 Å². The van der Waals surface area contributed by atoms with Gasteiger partial charge in [-0.05, 0) is 75.4 Å². The van der Waals surface area contributed by atoms with Crippen molar-refractivity contribution < 1.29 is 23.9 Å². The second kappa shape index (κ2) is 8.14. The second-order valence-corrected chi connectivity index (χ2v) is 11.0. The average molecular weight is 443 g/mol. The monoisotopic (exact) mass is 442 g/mol. The summed E-state index contributed by atoms with van der Waals surface area (Å²) in [6, 6.07) is 0. The first-order valence-corrected chi connectivity index (χ1v) is 12.3. The Morgan fingerprint density at radius 3 is 2.50 bits per heavy atom. The molecule has 0 spiro atoms. The molecule has 32 heavy (non-hydrogen) atoms. The third-order valence-corrected chi connectivity index (χ3v) is 9.57. The minimum atomic E-state index is -0.243. The number of esters is 2. The van der Waals surface area contributed by atoms with Crippen LogP contribution in [0.15, 0.2) is 23.3 Å². The number of hydrogen-bond donors (Lipinski definition) is 0. The zero-order valence-corrected chi connectivity index (χ0v) is 20.4. The van der Waals surface area contributed by atoms with Crippen molar-refractivity contribution >= 4 is 17.7 Å². The molecule has 176 valence electrons. The van der Waals surface area contributed by atoms with Gasteiger partial charge < -0.3 is 9.47 Å². The molecule has 4 aliphatic carbocycles. The lowest BCUT2D eigenvalue weighted by Gasteiger charge is -2.59. The molecule has 0 N–H and O–H groups in total. The molecule has 0 radical (unpaired) electrons. The highest BCUT2D eigenvalue weighted by atomic mass is 16.6. The Kier molecular flexibility index (Phi) is 5.92. The summed E-state index contributed by atoms with van der Waals surface area (Å²) in [7, 11) is 0. The van der Waals surface area contributed by atoms with Crippen molar-refractivity contribution in [1.82, 2.24) is 0 Å². The van der Waals surface area contributed by atoms with Crippen molar-refractivity contribution in [1.29, 1.82) is 0 Å². The number of ether oxygens (including phenoxy) is 2. The van der Waals surface area contributed by atoms with Crippen molar-refractivity contribution in [3.8, 4) is 0 Å². The first kappa shape index (κ1) is 23.3. The molecule has 0 aromatic heterocycles. The Morgan fingerprint density at radius 1 is 1.16 bits per heavy atom. The maximum absolute atomic E-state index is 12.2. The van der Waals surface area contributed by atoms with Crippen molar-refractivity contribution in [2.75, 3.05) is 0 Å². The van der Waals surface area contributed by atoms with E-state index in [-0.39, 0.29) is 46.7 Å². The van der Waals surface area contributed by atoms with Gasteiger partial charge in [-0.15, -0.1) is 0 Å². The van der Waals surface area contributed by atoms with E-state index in [1.165, 1.54) is 25.0 Å². The van der Waals surface area contributed by atoms with Crippen LogP contribution in [-0.2, 0) is 23.9 Å².